The molecule has 2 rings (SSSR count). The highest BCUT2D eigenvalue weighted by Crippen LogP contribution is 2.50. The minimum Gasteiger partial charge on any atom is -0.469 e. The van der Waals surface area contributed by atoms with Crippen LogP contribution in [0.3, 0.4) is 0 Å². The second kappa shape index (κ2) is 5.41. The summed E-state index contributed by atoms with van der Waals surface area (Å²) < 4.78 is 11.3. The molecule has 0 aromatic heterocycles. The van der Waals surface area contributed by atoms with E-state index in [2.05, 4.69) is 6.58 Å². The Morgan fingerprint density at radius 2 is 2.10 bits per heavy atom. The molecule has 108 valence electrons. The van der Waals surface area contributed by atoms with Crippen molar-refractivity contribution < 1.29 is 14.3 Å². The van der Waals surface area contributed by atoms with Crippen molar-refractivity contribution in [1.82, 2.24) is 0 Å². The van der Waals surface area contributed by atoms with Gasteiger partial charge in [-0.1, -0.05) is 36.4 Å². The van der Waals surface area contributed by atoms with E-state index in [1.165, 1.54) is 7.11 Å². The van der Waals surface area contributed by atoms with E-state index in [0.29, 0.717) is 12.8 Å². The van der Waals surface area contributed by atoms with E-state index in [0.717, 1.165) is 5.56 Å². The van der Waals surface area contributed by atoms with E-state index in [9.17, 15) is 4.79 Å². The molecule has 0 bridgehead atoms. The maximum absolute atomic E-state index is 12.0. The number of methoxy groups -OCH3 is 1. The molecule has 0 spiro atoms. The lowest BCUT2D eigenvalue weighted by Crippen LogP contribution is -2.34. The van der Waals surface area contributed by atoms with E-state index in [4.69, 9.17) is 9.47 Å². The third-order valence-corrected chi connectivity index (χ3v) is 4.09. The van der Waals surface area contributed by atoms with Crippen LogP contribution in [-0.4, -0.2) is 18.7 Å². The second-order valence-corrected chi connectivity index (χ2v) is 5.84. The first kappa shape index (κ1) is 14.8. The maximum atomic E-state index is 12.0. The van der Waals surface area contributed by atoms with Crippen molar-refractivity contribution in [2.45, 2.75) is 37.9 Å². The van der Waals surface area contributed by atoms with Crippen LogP contribution in [0.25, 0.3) is 0 Å². The summed E-state index contributed by atoms with van der Waals surface area (Å²) in [7, 11) is 1.43. The fourth-order valence-electron chi connectivity index (χ4n) is 3.10. The first-order valence-corrected chi connectivity index (χ1v) is 6.89. The topological polar surface area (TPSA) is 35.5 Å². The highest BCUT2D eigenvalue weighted by molar-refractivity contribution is 5.74. The smallest absolute Gasteiger partial charge is 0.311 e. The number of hydrogen-bond acceptors (Lipinski definition) is 3. The summed E-state index contributed by atoms with van der Waals surface area (Å²) in [5, 5.41) is 0. The van der Waals surface area contributed by atoms with Gasteiger partial charge in [0.25, 0.3) is 0 Å². The number of ether oxygens (including phenoxy) is 2. The van der Waals surface area contributed by atoms with Crippen LogP contribution < -0.4 is 0 Å². The summed E-state index contributed by atoms with van der Waals surface area (Å²) in [4.78, 5) is 12.0. The van der Waals surface area contributed by atoms with Crippen LogP contribution in [0.1, 0.15) is 32.3 Å². The van der Waals surface area contributed by atoms with Gasteiger partial charge in [-0.15, -0.1) is 6.58 Å². The Labute approximate surface area is 120 Å². The molecule has 0 unspecified atom stereocenters. The van der Waals surface area contributed by atoms with Gasteiger partial charge in [-0.2, -0.15) is 0 Å². The predicted octanol–water partition coefficient (Wildman–Crippen LogP) is 3.45. The Bertz CT molecular complexity index is 492. The fraction of sp³-hybridized carbons (Fsp3) is 0.471. The summed E-state index contributed by atoms with van der Waals surface area (Å²) in [6.07, 6.45) is 3.14. The quantitative estimate of drug-likeness (QED) is 0.623. The third-order valence-electron chi connectivity index (χ3n) is 4.09. The summed E-state index contributed by atoms with van der Waals surface area (Å²) in [6, 6.07) is 10.0. The van der Waals surface area contributed by atoms with Gasteiger partial charge < -0.3 is 9.47 Å². The van der Waals surface area contributed by atoms with Crippen molar-refractivity contribution in [3.05, 3.63) is 48.6 Å². The van der Waals surface area contributed by atoms with Crippen molar-refractivity contribution in [3.63, 3.8) is 0 Å². The van der Waals surface area contributed by atoms with Gasteiger partial charge >= 0.3 is 5.97 Å². The Balaban J connectivity index is 2.41. The van der Waals surface area contributed by atoms with Gasteiger partial charge in [-0.25, -0.2) is 0 Å². The second-order valence-electron chi connectivity index (χ2n) is 5.84. The van der Waals surface area contributed by atoms with Gasteiger partial charge in [0.15, 0.2) is 0 Å². The molecule has 0 N–H and O–H groups in total. The third kappa shape index (κ3) is 2.50. The lowest BCUT2D eigenvalue weighted by atomic mass is 9.81. The zero-order chi connectivity index (χ0) is 14.8. The lowest BCUT2D eigenvalue weighted by molar-refractivity contribution is -0.152. The molecule has 1 heterocycles. The molecule has 1 aromatic rings. The minimum atomic E-state index is -0.550. The molecule has 1 saturated heterocycles. The van der Waals surface area contributed by atoms with Crippen molar-refractivity contribution in [2.75, 3.05) is 7.11 Å². The van der Waals surface area contributed by atoms with Crippen molar-refractivity contribution in [3.8, 4) is 0 Å². The van der Waals surface area contributed by atoms with Crippen LogP contribution in [0.15, 0.2) is 43.0 Å². The molecule has 0 amide bonds. The van der Waals surface area contributed by atoms with E-state index >= 15 is 0 Å². The van der Waals surface area contributed by atoms with E-state index in [-0.39, 0.29) is 11.9 Å². The van der Waals surface area contributed by atoms with Crippen LogP contribution in [0, 0.1) is 5.92 Å². The standard InChI is InChI=1S/C17H22O3/c1-5-11-17(13-9-7-6-8-10-13)12-14(15(18)19-4)16(2,3)20-17/h5-10,14H,1,11-12H2,2-4H3/t14-,17+/m1/s1. The van der Waals surface area contributed by atoms with E-state index in [1.807, 2.05) is 50.3 Å². The molecule has 0 radical (unpaired) electrons. The predicted molar refractivity (Wildman–Crippen MR) is 78.2 cm³/mol. The number of carbonyl (C=O) groups excluding carboxylic acids is 1. The van der Waals surface area contributed by atoms with Crippen LogP contribution in [0.4, 0.5) is 0 Å². The van der Waals surface area contributed by atoms with Crippen LogP contribution in [0.5, 0.6) is 0 Å². The molecular weight excluding hydrogens is 252 g/mol. The van der Waals surface area contributed by atoms with Crippen LogP contribution in [-0.2, 0) is 19.9 Å². The minimum absolute atomic E-state index is 0.211. The van der Waals surface area contributed by atoms with Crippen molar-refractivity contribution in [1.29, 1.82) is 0 Å². The van der Waals surface area contributed by atoms with Crippen LogP contribution in [0.2, 0.25) is 0 Å². The molecule has 3 nitrogen and oxygen atoms in total. The van der Waals surface area contributed by atoms with Gasteiger partial charge in [-0.3, -0.25) is 4.79 Å². The average molecular weight is 274 g/mol. The number of rotatable bonds is 4. The van der Waals surface area contributed by atoms with Crippen LogP contribution >= 0.6 is 0 Å². The molecule has 1 aromatic carbocycles. The first-order valence-electron chi connectivity index (χ1n) is 6.89. The van der Waals surface area contributed by atoms with Gasteiger partial charge in [0.1, 0.15) is 0 Å². The van der Waals surface area contributed by atoms with Crippen molar-refractivity contribution >= 4 is 5.97 Å². The molecule has 2 atom stereocenters. The Kier molecular flexibility index (Phi) is 4.00. The Morgan fingerprint density at radius 3 is 2.65 bits per heavy atom. The Morgan fingerprint density at radius 1 is 1.45 bits per heavy atom. The number of esters is 1. The summed E-state index contributed by atoms with van der Waals surface area (Å²) in [5.74, 6) is -0.482. The van der Waals surface area contributed by atoms with E-state index in [1.54, 1.807) is 0 Å². The highest BCUT2D eigenvalue weighted by atomic mass is 16.5. The zero-order valence-electron chi connectivity index (χ0n) is 12.4. The first-order chi connectivity index (χ1) is 9.45. The lowest BCUT2D eigenvalue weighted by Gasteiger charge is -2.31. The molecular formula is C17H22O3. The van der Waals surface area contributed by atoms with Crippen molar-refractivity contribution in [2.24, 2.45) is 5.92 Å². The molecule has 0 aliphatic carbocycles. The van der Waals surface area contributed by atoms with Gasteiger partial charge in [0.2, 0.25) is 0 Å². The zero-order valence-corrected chi connectivity index (χ0v) is 12.4. The maximum Gasteiger partial charge on any atom is 0.311 e. The number of hydrogen-bond donors (Lipinski definition) is 0. The monoisotopic (exact) mass is 274 g/mol. The number of carbonyl (C=O) groups is 1. The summed E-state index contributed by atoms with van der Waals surface area (Å²) in [5.41, 5.74) is 0.0384. The molecule has 3 heteroatoms. The fourth-order valence-corrected chi connectivity index (χ4v) is 3.10. The average Bonchev–Trinajstić information content (AvgIpc) is 2.72. The summed E-state index contributed by atoms with van der Waals surface area (Å²) >= 11 is 0. The molecule has 0 saturated carbocycles. The Hall–Kier alpha value is -1.61. The van der Waals surface area contributed by atoms with E-state index < -0.39 is 11.2 Å². The molecule has 1 aliphatic rings. The van der Waals surface area contributed by atoms with Gasteiger partial charge in [-0.05, 0) is 32.3 Å². The number of benzene rings is 1. The summed E-state index contributed by atoms with van der Waals surface area (Å²) in [6.45, 7) is 7.73. The highest BCUT2D eigenvalue weighted by Gasteiger charge is 2.54. The van der Waals surface area contributed by atoms with Gasteiger partial charge in [0, 0.05) is 0 Å². The molecule has 20 heavy (non-hydrogen) atoms. The molecule has 1 aliphatic heterocycles. The van der Waals surface area contributed by atoms with Gasteiger partial charge in [0.05, 0.1) is 24.2 Å². The normalized spacial score (nSPS) is 28.1. The largest absolute Gasteiger partial charge is 0.469 e. The molecule has 1 fully saturated rings. The SMILES string of the molecule is C=CC[C@@]1(c2ccccc2)C[C@H](C(=O)OC)C(C)(C)O1.